The molecule has 0 unspecified atom stereocenters. The monoisotopic (exact) mass is 284 g/mol. The molecule has 0 spiro atoms. The molecule has 0 saturated heterocycles. The molecule has 8 nitrogen and oxygen atoms in total. The fourth-order valence-electron chi connectivity index (χ4n) is 1.80. The van der Waals surface area contributed by atoms with Crippen LogP contribution in [0.15, 0.2) is 50.3 Å². The molecule has 0 amide bonds. The van der Waals surface area contributed by atoms with Gasteiger partial charge in [-0.2, -0.15) is 20.0 Å². The number of benzene rings is 1. The van der Waals surface area contributed by atoms with Gasteiger partial charge in [0.15, 0.2) is 0 Å². The molecule has 0 fully saturated rings. The van der Waals surface area contributed by atoms with Crippen molar-refractivity contribution in [1.82, 2.24) is 0 Å². The first-order chi connectivity index (χ1) is 10.1. The molecule has 0 heterocycles. The summed E-state index contributed by atoms with van der Waals surface area (Å²) in [5.74, 6) is 0. The maximum atomic E-state index is 10.8. The Hall–Kier alpha value is -3.26. The van der Waals surface area contributed by atoms with Gasteiger partial charge in [0.1, 0.15) is 0 Å². The Balaban J connectivity index is 3.88. The van der Waals surface area contributed by atoms with Gasteiger partial charge in [0, 0.05) is 5.56 Å². The second-order valence-corrected chi connectivity index (χ2v) is 3.87. The molecule has 104 valence electrons. The normalized spacial score (nSPS) is 14.7. The summed E-state index contributed by atoms with van der Waals surface area (Å²) in [6.45, 7) is 1.16. The van der Waals surface area contributed by atoms with Crippen molar-refractivity contribution >= 4 is 24.3 Å². The first kappa shape index (κ1) is 15.8. The molecule has 8 heteroatoms. The molecule has 21 heavy (non-hydrogen) atoms. The third kappa shape index (κ3) is 2.85. The zero-order valence-electron chi connectivity index (χ0n) is 10.8. The van der Waals surface area contributed by atoms with Crippen molar-refractivity contribution in [2.24, 2.45) is 20.0 Å². The van der Waals surface area contributed by atoms with E-state index in [0.717, 1.165) is 6.92 Å². The fourth-order valence-corrected chi connectivity index (χ4v) is 1.80. The lowest BCUT2D eigenvalue weighted by molar-refractivity contribution is 0.264. The molecule has 1 aromatic carbocycles. The fraction of sp³-hybridized carbons (Fsp3) is 0.231. The van der Waals surface area contributed by atoms with Gasteiger partial charge in [0.2, 0.25) is 35.6 Å². The summed E-state index contributed by atoms with van der Waals surface area (Å²) in [5, 5.41) is 0. The van der Waals surface area contributed by atoms with Crippen LogP contribution in [0.5, 0.6) is 0 Å². The van der Waals surface area contributed by atoms with Gasteiger partial charge in [0.25, 0.3) is 0 Å². The van der Waals surface area contributed by atoms with E-state index in [1.165, 1.54) is 36.5 Å². The molecular weight excluding hydrogens is 276 g/mol. The van der Waals surface area contributed by atoms with Crippen LogP contribution in [0.3, 0.4) is 0 Å². The standard InChI is InChI=1S/C13H8N4O4/c1-12(14-7-18,15-8-19)13(16-9-20,17-10-21)11-5-3-2-4-6-11/h2-6H,1H3. The van der Waals surface area contributed by atoms with E-state index >= 15 is 0 Å². The zero-order valence-corrected chi connectivity index (χ0v) is 10.8. The highest BCUT2D eigenvalue weighted by atomic mass is 16.1. The first-order valence-electron chi connectivity index (χ1n) is 5.52. The highest BCUT2D eigenvalue weighted by Gasteiger charge is 2.52. The van der Waals surface area contributed by atoms with Crippen LogP contribution in [0.25, 0.3) is 0 Å². The van der Waals surface area contributed by atoms with Gasteiger partial charge < -0.3 is 0 Å². The van der Waals surface area contributed by atoms with Crippen LogP contribution in [0.1, 0.15) is 12.5 Å². The highest BCUT2D eigenvalue weighted by molar-refractivity contribution is 5.48. The molecule has 1 rings (SSSR count). The predicted octanol–water partition coefficient (Wildman–Crippen LogP) is 0.899. The molecule has 0 N–H and O–H groups in total. The number of nitrogens with zero attached hydrogens (tertiary/aromatic N) is 4. The second kappa shape index (κ2) is 6.78. The van der Waals surface area contributed by atoms with Gasteiger partial charge in [-0.05, 0) is 6.92 Å². The van der Waals surface area contributed by atoms with Crippen LogP contribution in [0.2, 0.25) is 0 Å². The number of carbonyl (C=O) groups excluding carboxylic acids is 4. The summed E-state index contributed by atoms with van der Waals surface area (Å²) in [4.78, 5) is 56.4. The van der Waals surface area contributed by atoms with Gasteiger partial charge in [-0.3, -0.25) is 0 Å². The van der Waals surface area contributed by atoms with Crippen molar-refractivity contribution in [2.45, 2.75) is 18.2 Å². The molecule has 0 aromatic heterocycles. The van der Waals surface area contributed by atoms with Crippen LogP contribution in [-0.2, 0) is 24.8 Å². The molecule has 0 aliphatic rings. The second-order valence-electron chi connectivity index (χ2n) is 3.87. The van der Waals surface area contributed by atoms with E-state index in [0.29, 0.717) is 0 Å². The van der Waals surface area contributed by atoms with Crippen LogP contribution < -0.4 is 0 Å². The smallest absolute Gasteiger partial charge is 0.211 e. The summed E-state index contributed by atoms with van der Waals surface area (Å²) < 4.78 is 0. The van der Waals surface area contributed by atoms with Gasteiger partial charge in [0.05, 0.1) is 0 Å². The van der Waals surface area contributed by atoms with E-state index in [9.17, 15) is 19.2 Å². The quantitative estimate of drug-likeness (QED) is 0.569. The lowest BCUT2D eigenvalue weighted by atomic mass is 9.88. The molecule has 1 aromatic rings. The maximum absolute atomic E-state index is 10.8. The average molecular weight is 284 g/mol. The van der Waals surface area contributed by atoms with E-state index < -0.39 is 11.3 Å². The van der Waals surface area contributed by atoms with E-state index in [4.69, 9.17) is 0 Å². The Morgan fingerprint density at radius 3 is 1.57 bits per heavy atom. The largest absolute Gasteiger partial charge is 0.245 e. The molecular formula is C13H8N4O4. The third-order valence-electron chi connectivity index (χ3n) is 2.78. The number of hydrogen-bond donors (Lipinski definition) is 0. The molecule has 0 atom stereocenters. The minimum absolute atomic E-state index is 0.178. The Morgan fingerprint density at radius 2 is 1.19 bits per heavy atom. The minimum Gasteiger partial charge on any atom is -0.211 e. The van der Waals surface area contributed by atoms with E-state index in [1.54, 1.807) is 18.2 Å². The van der Waals surface area contributed by atoms with Crippen LogP contribution in [-0.4, -0.2) is 30.0 Å². The summed E-state index contributed by atoms with van der Waals surface area (Å²) in [5.41, 5.74) is -3.96. The average Bonchev–Trinajstić information content (AvgIpc) is 2.48. The van der Waals surface area contributed by atoms with E-state index in [-0.39, 0.29) is 5.56 Å². The Bertz CT molecular complexity index is 669. The first-order valence-corrected chi connectivity index (χ1v) is 5.52. The van der Waals surface area contributed by atoms with Gasteiger partial charge >= 0.3 is 0 Å². The van der Waals surface area contributed by atoms with Crippen molar-refractivity contribution in [2.75, 3.05) is 0 Å². The number of hydrogen-bond acceptors (Lipinski definition) is 8. The highest BCUT2D eigenvalue weighted by Crippen LogP contribution is 2.41. The van der Waals surface area contributed by atoms with Crippen LogP contribution in [0, 0.1) is 0 Å². The molecule has 0 aliphatic carbocycles. The van der Waals surface area contributed by atoms with Crippen molar-refractivity contribution in [3.63, 3.8) is 0 Å². The van der Waals surface area contributed by atoms with Crippen molar-refractivity contribution in [3.05, 3.63) is 35.9 Å². The topological polar surface area (TPSA) is 118 Å². The Labute approximate surface area is 118 Å². The molecule has 0 aliphatic heterocycles. The van der Waals surface area contributed by atoms with Gasteiger partial charge in [-0.1, -0.05) is 30.3 Å². The lowest BCUT2D eigenvalue weighted by Gasteiger charge is -2.32. The van der Waals surface area contributed by atoms with Crippen molar-refractivity contribution < 1.29 is 19.2 Å². The van der Waals surface area contributed by atoms with Crippen LogP contribution in [0.4, 0.5) is 0 Å². The van der Waals surface area contributed by atoms with E-state index in [1.807, 2.05) is 0 Å². The molecule has 0 radical (unpaired) electrons. The zero-order chi connectivity index (χ0) is 15.8. The minimum atomic E-state index is -2.10. The SMILES string of the molecule is CC(N=C=O)(N=C=O)C(N=C=O)(N=C=O)c1ccccc1. The van der Waals surface area contributed by atoms with Gasteiger partial charge in [-0.25, -0.2) is 19.2 Å². The number of aliphatic imine (C=N–C) groups is 4. The third-order valence-corrected chi connectivity index (χ3v) is 2.78. The summed E-state index contributed by atoms with van der Waals surface area (Å²) in [6.07, 6.45) is 4.89. The van der Waals surface area contributed by atoms with E-state index in [2.05, 4.69) is 20.0 Å². The Morgan fingerprint density at radius 1 is 0.762 bits per heavy atom. The van der Waals surface area contributed by atoms with Crippen molar-refractivity contribution in [3.8, 4) is 0 Å². The maximum Gasteiger partial charge on any atom is 0.245 e. The molecule has 0 saturated carbocycles. The predicted molar refractivity (Wildman–Crippen MR) is 69.0 cm³/mol. The number of rotatable bonds is 6. The summed E-state index contributed by atoms with van der Waals surface area (Å²) in [7, 11) is 0. The van der Waals surface area contributed by atoms with Crippen molar-refractivity contribution in [1.29, 1.82) is 0 Å². The Kier molecular flexibility index (Phi) is 5.10. The summed E-state index contributed by atoms with van der Waals surface area (Å²) >= 11 is 0. The lowest BCUT2D eigenvalue weighted by Crippen LogP contribution is -2.44. The number of isocyanates is 4. The van der Waals surface area contributed by atoms with Crippen LogP contribution >= 0.6 is 0 Å². The summed E-state index contributed by atoms with van der Waals surface area (Å²) in [6, 6.07) is 7.72. The molecule has 0 bridgehead atoms. The van der Waals surface area contributed by atoms with Gasteiger partial charge in [-0.15, -0.1) is 0 Å².